The molecule has 124 valence electrons. The summed E-state index contributed by atoms with van der Waals surface area (Å²) in [4.78, 5) is 38.2. The van der Waals surface area contributed by atoms with Crippen molar-refractivity contribution in [3.8, 4) is 0 Å². The minimum Gasteiger partial charge on any atom is -0.319 e. The van der Waals surface area contributed by atoms with Crippen LogP contribution in [0.1, 0.15) is 43.7 Å². The van der Waals surface area contributed by atoms with Crippen molar-refractivity contribution >= 4 is 5.91 Å². The van der Waals surface area contributed by atoms with Crippen LogP contribution in [0.15, 0.2) is 26.0 Å². The highest BCUT2D eigenvalue weighted by Crippen LogP contribution is 2.27. The van der Waals surface area contributed by atoms with E-state index in [-0.39, 0.29) is 18.1 Å². The Balaban J connectivity index is 1.81. The van der Waals surface area contributed by atoms with Gasteiger partial charge in [-0.25, -0.2) is 0 Å². The van der Waals surface area contributed by atoms with Crippen LogP contribution in [0.25, 0.3) is 0 Å². The molecule has 0 saturated heterocycles. The summed E-state index contributed by atoms with van der Waals surface area (Å²) < 4.78 is 1.08. The van der Waals surface area contributed by atoms with E-state index in [4.69, 9.17) is 0 Å². The fourth-order valence-electron chi connectivity index (χ4n) is 3.28. The minimum atomic E-state index is -1.01. The van der Waals surface area contributed by atoms with Crippen LogP contribution >= 0.6 is 0 Å². The van der Waals surface area contributed by atoms with E-state index in [2.05, 4.69) is 15.3 Å². The van der Waals surface area contributed by atoms with Gasteiger partial charge in [0.2, 0.25) is 0 Å². The van der Waals surface area contributed by atoms with Crippen LogP contribution in [-0.2, 0) is 11.8 Å². The summed E-state index contributed by atoms with van der Waals surface area (Å²) in [6.07, 6.45) is 7.28. The third-order valence-electron chi connectivity index (χ3n) is 4.65. The van der Waals surface area contributed by atoms with Crippen molar-refractivity contribution in [3.05, 3.63) is 32.3 Å². The van der Waals surface area contributed by atoms with E-state index in [1.54, 1.807) is 4.90 Å². The maximum Gasteiger partial charge on any atom is 0.312 e. The predicted octanol–water partition coefficient (Wildman–Crippen LogP) is 0.947. The fourth-order valence-corrected chi connectivity index (χ4v) is 3.28. The number of amides is 1. The summed E-state index contributed by atoms with van der Waals surface area (Å²) in [5.74, 6) is 0.243. The smallest absolute Gasteiger partial charge is 0.312 e. The molecule has 0 aromatic carbocycles. The third-order valence-corrected chi connectivity index (χ3v) is 4.65. The highest BCUT2D eigenvalue weighted by molar-refractivity contribution is 5.83. The van der Waals surface area contributed by atoms with Gasteiger partial charge >= 0.3 is 5.56 Å². The summed E-state index contributed by atoms with van der Waals surface area (Å²) in [5.41, 5.74) is -1.34. The van der Waals surface area contributed by atoms with E-state index in [0.29, 0.717) is 12.5 Å². The first kappa shape index (κ1) is 15.6. The molecule has 1 saturated carbocycles. The van der Waals surface area contributed by atoms with Gasteiger partial charge in [-0.3, -0.25) is 19.1 Å². The summed E-state index contributed by atoms with van der Waals surface area (Å²) in [6.45, 7) is 0.881. The summed E-state index contributed by atoms with van der Waals surface area (Å²) in [7, 11) is 1.45. The molecule has 1 amide bonds. The Labute approximate surface area is 133 Å². The molecular formula is C15H21N5O3. The zero-order valence-corrected chi connectivity index (χ0v) is 13.2. The van der Waals surface area contributed by atoms with E-state index in [0.717, 1.165) is 17.5 Å². The number of aromatic nitrogens is 2. The Morgan fingerprint density at radius 3 is 2.70 bits per heavy atom. The molecule has 0 spiro atoms. The molecule has 1 fully saturated rings. The number of nitrogens with one attached hydrogen (secondary N) is 1. The number of hydrogen-bond donors (Lipinski definition) is 1. The number of carbonyl (C=O) groups excluding carboxylic acids is 1. The Morgan fingerprint density at radius 1 is 1.22 bits per heavy atom. The van der Waals surface area contributed by atoms with Crippen LogP contribution in [0.3, 0.4) is 0 Å². The monoisotopic (exact) mass is 319 g/mol. The summed E-state index contributed by atoms with van der Waals surface area (Å²) >= 11 is 0. The molecule has 1 aromatic rings. The molecule has 0 bridgehead atoms. The van der Waals surface area contributed by atoms with Gasteiger partial charge in [0.25, 0.3) is 11.3 Å². The standard InChI is InChI=1S/C15H21N5O3/c1-19-15(23)13(21)11(7-17-19)12-14(22)20(9-16-18-12)8-10-5-3-2-4-6-10/h7,10,12,17H,2-6,8-9H2,1H3. The second-order valence-electron chi connectivity index (χ2n) is 6.29. The van der Waals surface area contributed by atoms with Gasteiger partial charge in [0, 0.05) is 19.8 Å². The van der Waals surface area contributed by atoms with Crippen molar-refractivity contribution in [2.45, 2.75) is 38.1 Å². The van der Waals surface area contributed by atoms with Gasteiger partial charge < -0.3 is 10.00 Å². The van der Waals surface area contributed by atoms with Crippen molar-refractivity contribution in [1.29, 1.82) is 0 Å². The normalized spacial score (nSPS) is 22.6. The molecule has 2 aliphatic rings. The number of carbonyl (C=O) groups is 1. The van der Waals surface area contributed by atoms with Crippen LogP contribution < -0.4 is 11.0 Å². The number of H-pyrrole nitrogens is 1. The molecule has 1 aliphatic heterocycles. The fraction of sp³-hybridized carbons (Fsp3) is 0.667. The molecule has 1 N–H and O–H groups in total. The van der Waals surface area contributed by atoms with Crippen molar-refractivity contribution in [1.82, 2.24) is 14.7 Å². The molecule has 23 heavy (non-hydrogen) atoms. The lowest BCUT2D eigenvalue weighted by molar-refractivity contribution is -0.135. The van der Waals surface area contributed by atoms with E-state index < -0.39 is 17.0 Å². The number of hydrogen-bond acceptors (Lipinski definition) is 5. The molecule has 2 heterocycles. The Bertz CT molecular complexity index is 729. The SMILES string of the molecule is Cn1[nH]cc(C2N=NCN(CC3CCCCC3)C2=O)c(=O)c1=O. The maximum atomic E-state index is 12.7. The highest BCUT2D eigenvalue weighted by Gasteiger charge is 2.33. The van der Waals surface area contributed by atoms with E-state index in [1.165, 1.54) is 32.5 Å². The van der Waals surface area contributed by atoms with Crippen LogP contribution in [0.2, 0.25) is 0 Å². The molecule has 3 rings (SSSR count). The number of aryl methyl sites for hydroxylation is 1. The predicted molar refractivity (Wildman–Crippen MR) is 83.1 cm³/mol. The molecule has 1 aromatic heterocycles. The second-order valence-corrected chi connectivity index (χ2v) is 6.29. The first-order chi connectivity index (χ1) is 11.1. The Kier molecular flexibility index (Phi) is 4.40. The van der Waals surface area contributed by atoms with Gasteiger partial charge in [-0.15, -0.1) is 0 Å². The van der Waals surface area contributed by atoms with Crippen LogP contribution in [0.5, 0.6) is 0 Å². The molecule has 1 unspecified atom stereocenters. The van der Waals surface area contributed by atoms with Gasteiger partial charge in [0.1, 0.15) is 6.67 Å². The Morgan fingerprint density at radius 2 is 1.96 bits per heavy atom. The van der Waals surface area contributed by atoms with Crippen molar-refractivity contribution < 1.29 is 4.79 Å². The summed E-state index contributed by atoms with van der Waals surface area (Å²) in [6, 6.07) is -1.01. The van der Waals surface area contributed by atoms with Crippen molar-refractivity contribution in [2.75, 3.05) is 13.2 Å². The highest BCUT2D eigenvalue weighted by atomic mass is 16.2. The molecule has 1 aliphatic carbocycles. The van der Waals surface area contributed by atoms with Gasteiger partial charge in [-0.2, -0.15) is 10.2 Å². The van der Waals surface area contributed by atoms with E-state index in [9.17, 15) is 14.4 Å². The number of rotatable bonds is 3. The summed E-state index contributed by atoms with van der Waals surface area (Å²) in [5, 5.41) is 10.6. The number of aromatic amines is 1. The maximum absolute atomic E-state index is 12.7. The zero-order valence-electron chi connectivity index (χ0n) is 13.2. The quantitative estimate of drug-likeness (QED) is 0.839. The third kappa shape index (κ3) is 3.11. The first-order valence-electron chi connectivity index (χ1n) is 8.02. The van der Waals surface area contributed by atoms with E-state index >= 15 is 0 Å². The average molecular weight is 319 g/mol. The van der Waals surface area contributed by atoms with Gasteiger partial charge in [-0.05, 0) is 18.8 Å². The first-order valence-corrected chi connectivity index (χ1v) is 8.02. The minimum absolute atomic E-state index is 0.0650. The van der Waals surface area contributed by atoms with Gasteiger partial charge in [0.05, 0.1) is 5.56 Å². The van der Waals surface area contributed by atoms with Crippen LogP contribution in [0.4, 0.5) is 0 Å². The molecular weight excluding hydrogens is 298 g/mol. The molecule has 8 heteroatoms. The molecule has 1 atom stereocenters. The lowest BCUT2D eigenvalue weighted by atomic mass is 9.89. The van der Waals surface area contributed by atoms with Crippen LogP contribution in [0, 0.1) is 5.92 Å². The molecule has 8 nitrogen and oxygen atoms in total. The zero-order chi connectivity index (χ0) is 16.4. The van der Waals surface area contributed by atoms with E-state index in [1.807, 2.05) is 0 Å². The number of azo groups is 1. The second kappa shape index (κ2) is 6.47. The average Bonchev–Trinajstić information content (AvgIpc) is 2.56. The lowest BCUT2D eigenvalue weighted by Crippen LogP contribution is -2.44. The molecule has 0 radical (unpaired) electrons. The van der Waals surface area contributed by atoms with Crippen molar-refractivity contribution in [2.24, 2.45) is 23.2 Å². The van der Waals surface area contributed by atoms with Crippen LogP contribution in [-0.4, -0.2) is 33.8 Å². The largest absolute Gasteiger partial charge is 0.319 e. The Hall–Kier alpha value is -2.25. The topological polar surface area (TPSA) is 99.9 Å². The van der Waals surface area contributed by atoms with Gasteiger partial charge in [-0.1, -0.05) is 19.3 Å². The number of nitrogens with zero attached hydrogens (tertiary/aromatic N) is 4. The lowest BCUT2D eigenvalue weighted by Gasteiger charge is -2.31. The van der Waals surface area contributed by atoms with Gasteiger partial charge in [0.15, 0.2) is 6.04 Å². The van der Waals surface area contributed by atoms with Crippen molar-refractivity contribution in [3.63, 3.8) is 0 Å².